The third kappa shape index (κ3) is 8.81. The topological polar surface area (TPSA) is 41.1 Å². The van der Waals surface area contributed by atoms with Gasteiger partial charge in [-0.15, -0.1) is 19.1 Å². The summed E-state index contributed by atoms with van der Waals surface area (Å²) in [5, 5.41) is 0. The van der Waals surface area contributed by atoms with Crippen LogP contribution < -0.4 is 0 Å². The van der Waals surface area contributed by atoms with Crippen LogP contribution in [0.5, 0.6) is 0 Å². The van der Waals surface area contributed by atoms with Crippen molar-refractivity contribution in [2.75, 3.05) is 0 Å². The maximum atomic E-state index is 5.44. The van der Waals surface area contributed by atoms with Gasteiger partial charge in [-0.25, -0.2) is 0 Å². The van der Waals surface area contributed by atoms with Gasteiger partial charge >= 0.3 is 17.4 Å². The second-order valence-electron chi connectivity index (χ2n) is 9.47. The monoisotopic (exact) mass is 458 g/mol. The molecule has 28 heavy (non-hydrogen) atoms. The minimum Gasteiger partial charge on any atom is -0.682 e. The van der Waals surface area contributed by atoms with E-state index in [-0.39, 0.29) is 24.8 Å². The molecule has 1 aliphatic carbocycles. The average molecular weight is 459 g/mol. The number of aromatic nitrogens is 1. The van der Waals surface area contributed by atoms with Gasteiger partial charge in [-0.3, -0.25) is 4.98 Å². The summed E-state index contributed by atoms with van der Waals surface area (Å²) in [7, 11) is -3.35. The first-order valence-electron chi connectivity index (χ1n) is 10.2. The van der Waals surface area contributed by atoms with Crippen molar-refractivity contribution in [1.82, 2.24) is 4.98 Å². The Morgan fingerprint density at radius 2 is 1.21 bits per heavy atom. The van der Waals surface area contributed by atoms with Gasteiger partial charge in [0.2, 0.25) is 0 Å². The van der Waals surface area contributed by atoms with Crippen molar-refractivity contribution in [2.24, 2.45) is 23.7 Å². The second kappa shape index (κ2) is 12.7. The van der Waals surface area contributed by atoms with E-state index in [0.717, 1.165) is 29.2 Å². The van der Waals surface area contributed by atoms with Crippen molar-refractivity contribution in [3.63, 3.8) is 0 Å². The van der Waals surface area contributed by atoms with Crippen LogP contribution in [-0.4, -0.2) is 27.7 Å². The zero-order valence-electron chi connectivity index (χ0n) is 20.1. The fourth-order valence-electron chi connectivity index (χ4n) is 5.13. The molecule has 0 saturated heterocycles. The van der Waals surface area contributed by atoms with E-state index < -0.39 is 16.6 Å². The average Bonchev–Trinajstić information content (AvgIpc) is 2.71. The predicted octanol–water partition coefficient (Wildman–Crippen LogP) is 7.51. The van der Waals surface area contributed by atoms with Gasteiger partial charge in [0, 0.05) is 12.4 Å². The molecule has 1 radical (unpaired) electrons. The van der Waals surface area contributed by atoms with Crippen LogP contribution in [0.25, 0.3) is 9.63 Å². The molecule has 4 atom stereocenters. The smallest absolute Gasteiger partial charge is 0.682 e. The van der Waals surface area contributed by atoms with Crippen LogP contribution in [0.1, 0.15) is 41.5 Å². The summed E-state index contributed by atoms with van der Waals surface area (Å²) in [5.41, 5.74) is 0.821. The van der Waals surface area contributed by atoms with Gasteiger partial charge in [0.05, 0.1) is 0 Å². The number of nitrogens with zero attached hydrogens (tertiary/aromatic N) is 3. The van der Waals surface area contributed by atoms with Crippen LogP contribution in [0.2, 0.25) is 31.7 Å². The largest absolute Gasteiger partial charge is 3.00 e. The minimum absolute atomic E-state index is 0. The van der Waals surface area contributed by atoms with Crippen molar-refractivity contribution in [3.05, 3.63) is 47.6 Å². The summed E-state index contributed by atoms with van der Waals surface area (Å²) in [5.74, 6) is 3.30. The van der Waals surface area contributed by atoms with E-state index >= 15 is 0 Å². The van der Waals surface area contributed by atoms with E-state index in [2.05, 4.69) is 72.7 Å². The molecule has 0 N–H and O–H groups in total. The Balaban J connectivity index is 0. The Bertz CT molecular complexity index is 485. The van der Waals surface area contributed by atoms with Gasteiger partial charge in [0.1, 0.15) is 0 Å². The summed E-state index contributed by atoms with van der Waals surface area (Å²) in [6.07, 6.45) is 3.50. The van der Waals surface area contributed by atoms with E-state index in [0.29, 0.717) is 6.04 Å². The molecule has 1 aromatic heterocycles. The maximum Gasteiger partial charge on any atom is 3.00 e. The fraction of sp³-hybridized carbons (Fsp3) is 0.727. The molecular formula is C22H44CrN3Si2. The Hall–Kier alpha value is 0.0362. The second-order valence-corrected chi connectivity index (χ2v) is 17.6. The quantitative estimate of drug-likeness (QED) is 0.332. The molecule has 0 spiro atoms. The zero-order valence-corrected chi connectivity index (χ0v) is 23.4. The Morgan fingerprint density at radius 1 is 0.786 bits per heavy atom. The molecule has 1 fully saturated rings. The molecule has 1 aromatic rings. The standard InChI is InChI=1S/C16H36N2Si2.C5H5N.CH3.Cr/c1-11(2)17-20(9,10)18-19(7,8)16-14(5)12(3)13(4)15(16)6;1-2-4-6-5-3-1;;/h11-16H,1-10H3;1-5H;1H3;/q-2;;-1;+3. The van der Waals surface area contributed by atoms with E-state index in [4.69, 9.17) is 9.63 Å². The van der Waals surface area contributed by atoms with Gasteiger partial charge in [0.15, 0.2) is 0 Å². The predicted molar refractivity (Wildman–Crippen MR) is 128 cm³/mol. The third-order valence-corrected chi connectivity index (χ3v) is 14.5. The van der Waals surface area contributed by atoms with Crippen LogP contribution in [0, 0.1) is 31.1 Å². The molecule has 0 amide bonds. The fourth-order valence-corrected chi connectivity index (χ4v) is 16.0. The molecule has 2 rings (SSSR count). The van der Waals surface area contributed by atoms with E-state index in [1.807, 2.05) is 18.2 Å². The van der Waals surface area contributed by atoms with Crippen LogP contribution in [-0.2, 0) is 17.4 Å². The van der Waals surface area contributed by atoms with Gasteiger partial charge < -0.3 is 17.1 Å². The summed E-state index contributed by atoms with van der Waals surface area (Å²) < 4.78 is 5.44. The van der Waals surface area contributed by atoms with Crippen molar-refractivity contribution < 1.29 is 17.4 Å². The first-order chi connectivity index (χ1) is 11.9. The van der Waals surface area contributed by atoms with Crippen LogP contribution in [0.4, 0.5) is 0 Å². The normalized spacial score (nSPS) is 27.3. The van der Waals surface area contributed by atoms with Crippen molar-refractivity contribution >= 4 is 16.6 Å². The van der Waals surface area contributed by atoms with Crippen LogP contribution >= 0.6 is 0 Å². The minimum atomic E-state index is -1.76. The first kappa shape index (κ1) is 30.2. The van der Waals surface area contributed by atoms with E-state index in [9.17, 15) is 0 Å². The van der Waals surface area contributed by atoms with Crippen LogP contribution in [0.3, 0.4) is 0 Å². The van der Waals surface area contributed by atoms with Crippen molar-refractivity contribution in [2.45, 2.75) is 79.3 Å². The molecule has 1 saturated carbocycles. The third-order valence-electron chi connectivity index (χ3n) is 6.14. The molecule has 1 heterocycles. The molecular weight excluding hydrogens is 414 g/mol. The number of rotatable bonds is 5. The molecule has 0 aliphatic heterocycles. The Morgan fingerprint density at radius 3 is 1.50 bits per heavy atom. The number of hydrogen-bond acceptors (Lipinski definition) is 1. The Labute approximate surface area is 189 Å². The van der Waals surface area contributed by atoms with Gasteiger partial charge in [0.25, 0.3) is 0 Å². The van der Waals surface area contributed by atoms with E-state index in [1.165, 1.54) is 0 Å². The molecule has 6 heteroatoms. The summed E-state index contributed by atoms with van der Waals surface area (Å²) >= 11 is 0. The van der Waals surface area contributed by atoms with Gasteiger partial charge in [-0.05, 0) is 35.8 Å². The van der Waals surface area contributed by atoms with Gasteiger partial charge in [-0.2, -0.15) is 8.40 Å². The van der Waals surface area contributed by atoms with Crippen molar-refractivity contribution in [1.29, 1.82) is 0 Å². The first-order valence-corrected chi connectivity index (χ1v) is 16.1. The summed E-state index contributed by atoms with van der Waals surface area (Å²) in [4.78, 5) is 8.75. The molecule has 3 nitrogen and oxygen atoms in total. The van der Waals surface area contributed by atoms with Crippen molar-refractivity contribution in [3.8, 4) is 0 Å². The number of pyridine rings is 1. The Kier molecular flexibility index (Phi) is 13.7. The molecule has 0 aromatic carbocycles. The summed E-state index contributed by atoms with van der Waals surface area (Å²) in [6.45, 7) is 23.8. The molecule has 1 aliphatic rings. The molecule has 0 bridgehead atoms. The number of hydrogen-bond donors (Lipinski definition) is 0. The van der Waals surface area contributed by atoms with Crippen LogP contribution in [0.15, 0.2) is 30.6 Å². The summed E-state index contributed by atoms with van der Waals surface area (Å²) in [6, 6.07) is 6.13. The van der Waals surface area contributed by atoms with Gasteiger partial charge in [-0.1, -0.05) is 74.5 Å². The maximum absolute atomic E-state index is 5.44. The molecule has 161 valence electrons. The molecule has 4 unspecified atom stereocenters. The zero-order chi connectivity index (χ0) is 20.1. The van der Waals surface area contributed by atoms with E-state index in [1.54, 1.807) is 12.4 Å². The SMILES string of the molecule is CC(C)[N-][Si](C)(C)[N-][Si](C)(C)C1C(C)C(C)C(C)C1C.[CH3-].[Cr+3].c1ccncc1.